The molecule has 2 fully saturated rings. The van der Waals surface area contributed by atoms with Gasteiger partial charge in [-0.05, 0) is 64.9 Å². The Labute approximate surface area is 135 Å². The standard InChI is InChI=1S/C17H34N2OS/c1-6-17(7-2,19(4)5)15(18-3)14-8-10-20-16(12-14)9-11-21-13-16/h14-15,18H,6-13H2,1-5H3. The van der Waals surface area contributed by atoms with Gasteiger partial charge in [0, 0.05) is 23.9 Å². The molecule has 4 heteroatoms. The minimum Gasteiger partial charge on any atom is -0.374 e. The summed E-state index contributed by atoms with van der Waals surface area (Å²) in [5, 5.41) is 3.70. The molecule has 0 bridgehead atoms. The highest BCUT2D eigenvalue weighted by Crippen LogP contribution is 2.44. The van der Waals surface area contributed by atoms with E-state index in [1.807, 2.05) is 0 Å². The van der Waals surface area contributed by atoms with Gasteiger partial charge in [0.05, 0.1) is 5.60 Å². The molecule has 0 aliphatic carbocycles. The predicted molar refractivity (Wildman–Crippen MR) is 93.2 cm³/mol. The van der Waals surface area contributed by atoms with Crippen LogP contribution in [0.4, 0.5) is 0 Å². The lowest BCUT2D eigenvalue weighted by Crippen LogP contribution is -2.62. The number of likely N-dealkylation sites (N-methyl/N-ethyl adjacent to an activating group) is 2. The van der Waals surface area contributed by atoms with E-state index in [4.69, 9.17) is 4.74 Å². The summed E-state index contributed by atoms with van der Waals surface area (Å²) in [6.07, 6.45) is 6.08. The van der Waals surface area contributed by atoms with Gasteiger partial charge in [-0.25, -0.2) is 0 Å². The van der Waals surface area contributed by atoms with Crippen LogP contribution < -0.4 is 5.32 Å². The molecule has 2 saturated heterocycles. The molecule has 1 N–H and O–H groups in total. The van der Waals surface area contributed by atoms with Crippen LogP contribution in [0.3, 0.4) is 0 Å². The van der Waals surface area contributed by atoms with Crippen molar-refractivity contribution in [3.63, 3.8) is 0 Å². The van der Waals surface area contributed by atoms with E-state index in [0.717, 1.165) is 12.5 Å². The van der Waals surface area contributed by atoms with E-state index < -0.39 is 0 Å². The number of hydrogen-bond donors (Lipinski definition) is 1. The van der Waals surface area contributed by atoms with Crippen LogP contribution in [0, 0.1) is 5.92 Å². The monoisotopic (exact) mass is 314 g/mol. The zero-order valence-electron chi connectivity index (χ0n) is 14.6. The predicted octanol–water partition coefficient (Wildman–Crippen LogP) is 3.00. The molecule has 3 nitrogen and oxygen atoms in total. The maximum Gasteiger partial charge on any atom is 0.0783 e. The molecule has 21 heavy (non-hydrogen) atoms. The van der Waals surface area contributed by atoms with E-state index in [-0.39, 0.29) is 11.1 Å². The molecule has 0 saturated carbocycles. The average Bonchev–Trinajstić information content (AvgIpc) is 2.92. The normalized spacial score (nSPS) is 32.0. The third-order valence-electron chi connectivity index (χ3n) is 6.07. The summed E-state index contributed by atoms with van der Waals surface area (Å²) in [5.74, 6) is 3.20. The van der Waals surface area contributed by atoms with Crippen LogP contribution in [0.2, 0.25) is 0 Å². The fraction of sp³-hybridized carbons (Fsp3) is 1.00. The number of nitrogens with one attached hydrogen (secondary N) is 1. The fourth-order valence-corrected chi connectivity index (χ4v) is 6.14. The molecule has 3 unspecified atom stereocenters. The van der Waals surface area contributed by atoms with Crippen LogP contribution in [-0.4, -0.2) is 61.3 Å². The Balaban J connectivity index is 2.19. The lowest BCUT2D eigenvalue weighted by Gasteiger charge is -2.51. The highest BCUT2D eigenvalue weighted by molar-refractivity contribution is 7.99. The summed E-state index contributed by atoms with van der Waals surface area (Å²) in [6, 6.07) is 0.550. The zero-order chi connectivity index (χ0) is 15.5. The largest absolute Gasteiger partial charge is 0.374 e. The molecule has 2 aliphatic rings. The second-order valence-corrected chi connectivity index (χ2v) is 8.16. The first-order chi connectivity index (χ1) is 10.0. The maximum absolute atomic E-state index is 6.23. The van der Waals surface area contributed by atoms with Gasteiger partial charge in [-0.2, -0.15) is 11.8 Å². The smallest absolute Gasteiger partial charge is 0.0783 e. The van der Waals surface area contributed by atoms with Crippen molar-refractivity contribution in [2.75, 3.05) is 39.3 Å². The lowest BCUT2D eigenvalue weighted by atomic mass is 9.71. The topological polar surface area (TPSA) is 24.5 Å². The molecule has 124 valence electrons. The Kier molecular flexibility index (Phi) is 6.03. The van der Waals surface area contributed by atoms with Crippen LogP contribution in [0.1, 0.15) is 46.0 Å². The Bertz CT molecular complexity index is 325. The van der Waals surface area contributed by atoms with Crippen LogP contribution in [-0.2, 0) is 4.74 Å². The molecule has 2 rings (SSSR count). The highest BCUT2D eigenvalue weighted by atomic mass is 32.2. The van der Waals surface area contributed by atoms with Crippen LogP contribution in [0.5, 0.6) is 0 Å². The van der Waals surface area contributed by atoms with Crippen LogP contribution in [0.25, 0.3) is 0 Å². The number of thioether (sulfide) groups is 1. The number of nitrogens with zero attached hydrogens (tertiary/aromatic N) is 1. The molecule has 0 radical (unpaired) electrons. The molecular weight excluding hydrogens is 280 g/mol. The third-order valence-corrected chi connectivity index (χ3v) is 7.30. The maximum atomic E-state index is 6.23. The van der Waals surface area contributed by atoms with Crippen molar-refractivity contribution in [1.29, 1.82) is 0 Å². The second kappa shape index (κ2) is 7.20. The van der Waals surface area contributed by atoms with E-state index in [0.29, 0.717) is 6.04 Å². The minimum absolute atomic E-state index is 0.183. The quantitative estimate of drug-likeness (QED) is 0.814. The number of ether oxygens (including phenoxy) is 1. The van der Waals surface area contributed by atoms with Gasteiger partial charge < -0.3 is 15.0 Å². The summed E-state index contributed by atoms with van der Waals surface area (Å²) < 4.78 is 6.23. The van der Waals surface area contributed by atoms with Gasteiger partial charge in [-0.3, -0.25) is 0 Å². The molecule has 2 heterocycles. The van der Waals surface area contributed by atoms with Crippen LogP contribution in [0.15, 0.2) is 0 Å². The van der Waals surface area contributed by atoms with Crippen molar-refractivity contribution < 1.29 is 4.74 Å². The first-order valence-electron chi connectivity index (χ1n) is 8.60. The van der Waals surface area contributed by atoms with Crippen molar-refractivity contribution >= 4 is 11.8 Å². The van der Waals surface area contributed by atoms with Gasteiger partial charge in [-0.1, -0.05) is 13.8 Å². The van der Waals surface area contributed by atoms with Gasteiger partial charge in [0.25, 0.3) is 0 Å². The molecule has 2 aliphatic heterocycles. The number of rotatable bonds is 6. The molecule has 0 aromatic heterocycles. The van der Waals surface area contributed by atoms with E-state index in [2.05, 4.69) is 57.0 Å². The second-order valence-electron chi connectivity index (χ2n) is 7.06. The van der Waals surface area contributed by atoms with Gasteiger partial charge in [0.2, 0.25) is 0 Å². The van der Waals surface area contributed by atoms with Gasteiger partial charge in [0.15, 0.2) is 0 Å². The molecule has 0 amide bonds. The molecule has 1 spiro atoms. The van der Waals surface area contributed by atoms with Crippen LogP contribution >= 0.6 is 11.8 Å². The van der Waals surface area contributed by atoms with Crippen molar-refractivity contribution in [2.24, 2.45) is 5.92 Å². The van der Waals surface area contributed by atoms with Gasteiger partial charge in [0.1, 0.15) is 0 Å². The molecule has 0 aromatic carbocycles. The average molecular weight is 315 g/mol. The van der Waals surface area contributed by atoms with Gasteiger partial charge in [-0.15, -0.1) is 0 Å². The fourth-order valence-electron chi connectivity index (χ4n) is 4.76. The molecule has 0 aromatic rings. The highest BCUT2D eigenvalue weighted by Gasteiger charge is 2.47. The Hall–Kier alpha value is 0.230. The van der Waals surface area contributed by atoms with E-state index in [9.17, 15) is 0 Å². The van der Waals surface area contributed by atoms with Crippen molar-refractivity contribution in [2.45, 2.75) is 63.1 Å². The van der Waals surface area contributed by atoms with Crippen molar-refractivity contribution in [3.8, 4) is 0 Å². The summed E-state index contributed by atoms with van der Waals surface area (Å²) in [4.78, 5) is 2.46. The summed E-state index contributed by atoms with van der Waals surface area (Å²) >= 11 is 2.07. The summed E-state index contributed by atoms with van der Waals surface area (Å²) in [5.41, 5.74) is 0.436. The van der Waals surface area contributed by atoms with Crippen molar-refractivity contribution in [3.05, 3.63) is 0 Å². The Morgan fingerprint density at radius 3 is 2.57 bits per heavy atom. The first-order valence-corrected chi connectivity index (χ1v) is 9.75. The zero-order valence-corrected chi connectivity index (χ0v) is 15.4. The SMILES string of the molecule is CCC(CC)(C(NC)C1CCOC2(CCSC2)C1)N(C)C. The third kappa shape index (κ3) is 3.29. The molecular formula is C17H34N2OS. The van der Waals surface area contributed by atoms with E-state index in [1.54, 1.807) is 0 Å². The van der Waals surface area contributed by atoms with Gasteiger partial charge >= 0.3 is 0 Å². The van der Waals surface area contributed by atoms with Crippen molar-refractivity contribution in [1.82, 2.24) is 10.2 Å². The minimum atomic E-state index is 0.183. The Morgan fingerprint density at radius 1 is 1.38 bits per heavy atom. The number of hydrogen-bond acceptors (Lipinski definition) is 4. The van der Waals surface area contributed by atoms with E-state index in [1.165, 1.54) is 43.6 Å². The Morgan fingerprint density at radius 2 is 2.10 bits per heavy atom. The lowest BCUT2D eigenvalue weighted by molar-refractivity contribution is -0.0961. The van der Waals surface area contributed by atoms with E-state index >= 15 is 0 Å². The summed E-state index contributed by atoms with van der Waals surface area (Å²) in [6.45, 7) is 5.63. The first kappa shape index (κ1) is 17.6. The summed E-state index contributed by atoms with van der Waals surface area (Å²) in [7, 11) is 6.65. The molecule has 3 atom stereocenters.